The van der Waals surface area contributed by atoms with Crippen LogP contribution >= 0.6 is 23.2 Å². The lowest BCUT2D eigenvalue weighted by Gasteiger charge is -2.12. The summed E-state index contributed by atoms with van der Waals surface area (Å²) in [6.07, 6.45) is 0.288. The van der Waals surface area contributed by atoms with E-state index in [0.29, 0.717) is 15.9 Å². The molecule has 0 amide bonds. The summed E-state index contributed by atoms with van der Waals surface area (Å²) in [5, 5.41) is 0.832. The van der Waals surface area contributed by atoms with Crippen LogP contribution in [-0.4, -0.2) is 29.7 Å². The van der Waals surface area contributed by atoms with E-state index in [2.05, 4.69) is 9.72 Å². The normalized spacial score (nSPS) is 10.5. The Morgan fingerprint density at radius 2 is 1.96 bits per heavy atom. The van der Waals surface area contributed by atoms with Gasteiger partial charge in [0.25, 0.3) is 5.56 Å². The van der Waals surface area contributed by atoms with Crippen LogP contribution in [0.15, 0.2) is 23.0 Å². The standard InChI is InChI=1S/C15H14Cl2N2O4/c1-19-11(7-8-4-5-9(16)10(17)6-8)18-12(15(21)23-3)13(22-2)14(19)20/h4-6H,7H2,1-3H3. The molecule has 0 fully saturated rings. The van der Waals surface area contributed by atoms with Crippen molar-refractivity contribution >= 4 is 29.2 Å². The first-order chi connectivity index (χ1) is 10.9. The minimum atomic E-state index is -0.741. The number of aromatic nitrogens is 2. The highest BCUT2D eigenvalue weighted by atomic mass is 35.5. The second-order valence-corrected chi connectivity index (χ2v) is 5.51. The lowest BCUT2D eigenvalue weighted by atomic mass is 10.1. The molecule has 0 aliphatic rings. The number of benzene rings is 1. The number of nitrogens with zero attached hydrogens (tertiary/aromatic N) is 2. The molecule has 0 atom stereocenters. The van der Waals surface area contributed by atoms with Crippen molar-refractivity contribution in [2.24, 2.45) is 7.05 Å². The van der Waals surface area contributed by atoms with Gasteiger partial charge in [0.1, 0.15) is 5.82 Å². The largest absolute Gasteiger partial charge is 0.489 e. The number of ether oxygens (including phenoxy) is 2. The number of hydrogen-bond acceptors (Lipinski definition) is 5. The number of hydrogen-bond donors (Lipinski definition) is 0. The molecule has 0 N–H and O–H groups in total. The fraction of sp³-hybridized carbons (Fsp3) is 0.267. The molecule has 2 aromatic rings. The van der Waals surface area contributed by atoms with E-state index in [9.17, 15) is 9.59 Å². The molecular weight excluding hydrogens is 343 g/mol. The highest BCUT2D eigenvalue weighted by molar-refractivity contribution is 6.42. The first kappa shape index (κ1) is 17.3. The molecule has 0 saturated heterocycles. The zero-order valence-corrected chi connectivity index (χ0v) is 14.2. The number of carbonyl (C=O) groups is 1. The molecule has 0 spiro atoms. The second-order valence-electron chi connectivity index (χ2n) is 4.69. The van der Waals surface area contributed by atoms with Gasteiger partial charge in [0.15, 0.2) is 5.69 Å². The van der Waals surface area contributed by atoms with Crippen LogP contribution < -0.4 is 10.3 Å². The van der Waals surface area contributed by atoms with Crippen LogP contribution in [0.3, 0.4) is 0 Å². The molecule has 0 saturated carbocycles. The first-order valence-corrected chi connectivity index (χ1v) is 7.30. The monoisotopic (exact) mass is 356 g/mol. The molecule has 1 aromatic carbocycles. The highest BCUT2D eigenvalue weighted by Crippen LogP contribution is 2.24. The maximum atomic E-state index is 12.3. The summed E-state index contributed by atoms with van der Waals surface area (Å²) < 4.78 is 10.9. The Kier molecular flexibility index (Phi) is 5.28. The van der Waals surface area contributed by atoms with E-state index >= 15 is 0 Å². The van der Waals surface area contributed by atoms with Gasteiger partial charge < -0.3 is 9.47 Å². The van der Waals surface area contributed by atoms with Gasteiger partial charge in [-0.2, -0.15) is 0 Å². The third-order valence-electron chi connectivity index (χ3n) is 3.27. The van der Waals surface area contributed by atoms with Gasteiger partial charge in [-0.25, -0.2) is 9.78 Å². The molecule has 0 radical (unpaired) electrons. The molecule has 0 unspecified atom stereocenters. The van der Waals surface area contributed by atoms with Gasteiger partial charge in [-0.05, 0) is 17.7 Å². The Labute approximate surface area is 142 Å². The summed E-state index contributed by atoms with van der Waals surface area (Å²) in [6.45, 7) is 0. The maximum absolute atomic E-state index is 12.3. The quantitative estimate of drug-likeness (QED) is 0.787. The van der Waals surface area contributed by atoms with E-state index < -0.39 is 11.5 Å². The van der Waals surface area contributed by atoms with Crippen molar-refractivity contribution in [3.8, 4) is 5.75 Å². The molecule has 23 heavy (non-hydrogen) atoms. The minimum Gasteiger partial charge on any atom is -0.489 e. The van der Waals surface area contributed by atoms with Crippen LogP contribution in [0.1, 0.15) is 21.9 Å². The van der Waals surface area contributed by atoms with Crippen LogP contribution in [0.25, 0.3) is 0 Å². The number of carbonyl (C=O) groups excluding carboxylic acids is 1. The van der Waals surface area contributed by atoms with Crippen molar-refractivity contribution in [3.63, 3.8) is 0 Å². The summed E-state index contributed by atoms with van der Waals surface area (Å²) in [5.74, 6) is -0.526. The molecule has 8 heteroatoms. The van der Waals surface area contributed by atoms with Crippen molar-refractivity contribution in [2.75, 3.05) is 14.2 Å². The summed E-state index contributed by atoms with van der Waals surface area (Å²) in [7, 11) is 4.05. The van der Waals surface area contributed by atoms with E-state index in [1.54, 1.807) is 25.2 Å². The van der Waals surface area contributed by atoms with E-state index in [1.807, 2.05) is 0 Å². The molecule has 1 aromatic heterocycles. The number of rotatable bonds is 4. The Balaban J connectivity index is 2.54. The Morgan fingerprint density at radius 3 is 2.52 bits per heavy atom. The number of esters is 1. The zero-order valence-electron chi connectivity index (χ0n) is 12.7. The van der Waals surface area contributed by atoms with Crippen LogP contribution in [0.5, 0.6) is 5.75 Å². The van der Waals surface area contributed by atoms with Gasteiger partial charge in [0, 0.05) is 13.5 Å². The molecular formula is C15H14Cl2N2O4. The Hall–Kier alpha value is -2.05. The molecule has 0 bridgehead atoms. The summed E-state index contributed by atoms with van der Waals surface area (Å²) in [4.78, 5) is 28.3. The van der Waals surface area contributed by atoms with Gasteiger partial charge >= 0.3 is 5.97 Å². The summed E-state index contributed by atoms with van der Waals surface area (Å²) in [5.41, 5.74) is 0.161. The fourth-order valence-corrected chi connectivity index (χ4v) is 2.36. The SMILES string of the molecule is COC(=O)c1nc(Cc2ccc(Cl)c(Cl)c2)n(C)c(=O)c1OC. The van der Waals surface area contributed by atoms with Gasteiger partial charge in [0.05, 0.1) is 24.3 Å². The number of halogens is 2. The van der Waals surface area contributed by atoms with Gasteiger partial charge in [-0.3, -0.25) is 9.36 Å². The first-order valence-electron chi connectivity index (χ1n) is 6.55. The average Bonchev–Trinajstić information content (AvgIpc) is 2.54. The topological polar surface area (TPSA) is 70.4 Å². The lowest BCUT2D eigenvalue weighted by Crippen LogP contribution is -2.27. The van der Waals surface area contributed by atoms with Crippen molar-refractivity contribution in [3.05, 3.63) is 55.7 Å². The van der Waals surface area contributed by atoms with Gasteiger partial charge in [-0.1, -0.05) is 29.3 Å². The average molecular weight is 357 g/mol. The maximum Gasteiger partial charge on any atom is 0.360 e. The molecule has 122 valence electrons. The lowest BCUT2D eigenvalue weighted by molar-refractivity contribution is 0.0588. The molecule has 2 rings (SSSR count). The van der Waals surface area contributed by atoms with Gasteiger partial charge in [0.2, 0.25) is 5.75 Å². The summed E-state index contributed by atoms with van der Waals surface area (Å²) >= 11 is 11.9. The third kappa shape index (κ3) is 3.48. The predicted octanol–water partition coefficient (Wildman–Crippen LogP) is 2.47. The third-order valence-corrected chi connectivity index (χ3v) is 4.01. The molecule has 0 aliphatic heterocycles. The molecule has 0 aliphatic carbocycles. The van der Waals surface area contributed by atoms with Gasteiger partial charge in [-0.15, -0.1) is 0 Å². The smallest absolute Gasteiger partial charge is 0.360 e. The highest BCUT2D eigenvalue weighted by Gasteiger charge is 2.22. The van der Waals surface area contributed by atoms with Crippen molar-refractivity contribution in [2.45, 2.75) is 6.42 Å². The number of methoxy groups -OCH3 is 2. The second kappa shape index (κ2) is 7.02. The predicted molar refractivity (Wildman–Crippen MR) is 86.6 cm³/mol. The van der Waals surface area contributed by atoms with Crippen LogP contribution in [0.2, 0.25) is 10.0 Å². The van der Waals surface area contributed by atoms with Crippen LogP contribution in [0.4, 0.5) is 0 Å². The van der Waals surface area contributed by atoms with Crippen LogP contribution in [0, 0.1) is 0 Å². The molecule has 1 heterocycles. The van der Waals surface area contributed by atoms with E-state index in [-0.39, 0.29) is 17.9 Å². The van der Waals surface area contributed by atoms with Crippen molar-refractivity contribution < 1.29 is 14.3 Å². The van der Waals surface area contributed by atoms with Crippen molar-refractivity contribution in [1.29, 1.82) is 0 Å². The molecule has 6 nitrogen and oxygen atoms in total. The minimum absolute atomic E-state index is 0.155. The van der Waals surface area contributed by atoms with E-state index in [1.165, 1.54) is 18.8 Å². The zero-order chi connectivity index (χ0) is 17.1. The van der Waals surface area contributed by atoms with E-state index in [0.717, 1.165) is 5.56 Å². The Morgan fingerprint density at radius 1 is 1.26 bits per heavy atom. The van der Waals surface area contributed by atoms with E-state index in [4.69, 9.17) is 27.9 Å². The summed E-state index contributed by atoms with van der Waals surface area (Å²) in [6, 6.07) is 5.10. The fourth-order valence-electron chi connectivity index (χ4n) is 2.03. The van der Waals surface area contributed by atoms with Crippen molar-refractivity contribution in [1.82, 2.24) is 9.55 Å². The Bertz CT molecular complexity index is 818. The van der Waals surface area contributed by atoms with Crippen LogP contribution in [-0.2, 0) is 18.2 Å².